The first-order valence-corrected chi connectivity index (χ1v) is 6.91. The van der Waals surface area contributed by atoms with Crippen LogP contribution in [0.1, 0.15) is 61.9 Å². The maximum atomic E-state index is 11.8. The van der Waals surface area contributed by atoms with E-state index in [9.17, 15) is 4.79 Å². The number of carbonyl (C=O) groups is 1. The van der Waals surface area contributed by atoms with Crippen LogP contribution in [-0.4, -0.2) is 12.1 Å². The predicted octanol–water partition coefficient (Wildman–Crippen LogP) is 4.51. The van der Waals surface area contributed by atoms with E-state index in [2.05, 4.69) is 6.92 Å². The van der Waals surface area contributed by atoms with Crippen molar-refractivity contribution in [2.45, 2.75) is 59.0 Å². The molecule has 0 aliphatic carbocycles. The van der Waals surface area contributed by atoms with Crippen molar-refractivity contribution in [3.05, 3.63) is 35.4 Å². The Balaban J connectivity index is 2.33. The highest BCUT2D eigenvalue weighted by atomic mass is 16.5. The third kappa shape index (κ3) is 5.35. The van der Waals surface area contributed by atoms with Crippen molar-refractivity contribution in [2.75, 3.05) is 0 Å². The fraction of sp³-hybridized carbons (Fsp3) is 0.562. The summed E-state index contributed by atoms with van der Waals surface area (Å²) in [5, 5.41) is 0. The normalized spacial score (nSPS) is 12.2. The van der Waals surface area contributed by atoms with Gasteiger partial charge in [-0.25, -0.2) is 4.79 Å². The summed E-state index contributed by atoms with van der Waals surface area (Å²) in [5.74, 6) is -0.210. The van der Waals surface area contributed by atoms with Gasteiger partial charge in [0.2, 0.25) is 0 Å². The molecule has 1 rings (SSSR count). The fourth-order valence-electron chi connectivity index (χ4n) is 1.86. The Morgan fingerprint density at radius 2 is 1.83 bits per heavy atom. The Bertz CT molecular complexity index is 354. The van der Waals surface area contributed by atoms with E-state index in [4.69, 9.17) is 4.74 Å². The molecule has 2 nitrogen and oxygen atoms in total. The molecule has 1 aromatic carbocycles. The maximum absolute atomic E-state index is 11.8. The molecule has 0 amide bonds. The van der Waals surface area contributed by atoms with Gasteiger partial charge in [-0.15, -0.1) is 0 Å². The Morgan fingerprint density at radius 1 is 1.17 bits per heavy atom. The quantitative estimate of drug-likeness (QED) is 0.524. The molecular weight excluding hydrogens is 224 g/mol. The van der Waals surface area contributed by atoms with Crippen molar-refractivity contribution in [2.24, 2.45) is 0 Å². The summed E-state index contributed by atoms with van der Waals surface area (Å²) in [6.07, 6.45) is 5.82. The minimum Gasteiger partial charge on any atom is -0.459 e. The van der Waals surface area contributed by atoms with Crippen molar-refractivity contribution in [1.82, 2.24) is 0 Å². The Morgan fingerprint density at radius 3 is 2.44 bits per heavy atom. The second-order valence-corrected chi connectivity index (χ2v) is 4.93. The molecule has 2 heteroatoms. The molecule has 18 heavy (non-hydrogen) atoms. The lowest BCUT2D eigenvalue weighted by atomic mass is 10.1. The molecule has 100 valence electrons. The molecule has 0 heterocycles. The molecule has 0 radical (unpaired) electrons. The Labute approximate surface area is 110 Å². The predicted molar refractivity (Wildman–Crippen MR) is 74.8 cm³/mol. The minimum absolute atomic E-state index is 0.00987. The molecule has 0 fully saturated rings. The summed E-state index contributed by atoms with van der Waals surface area (Å²) in [5.41, 5.74) is 1.79. The van der Waals surface area contributed by atoms with Gasteiger partial charge in [-0.3, -0.25) is 0 Å². The van der Waals surface area contributed by atoms with Gasteiger partial charge in [0.15, 0.2) is 0 Å². The molecule has 1 aromatic rings. The van der Waals surface area contributed by atoms with Crippen LogP contribution in [0.4, 0.5) is 0 Å². The maximum Gasteiger partial charge on any atom is 0.338 e. The van der Waals surface area contributed by atoms with Gasteiger partial charge in [0.25, 0.3) is 0 Å². The van der Waals surface area contributed by atoms with Gasteiger partial charge < -0.3 is 4.74 Å². The van der Waals surface area contributed by atoms with Crippen molar-refractivity contribution >= 4 is 5.97 Å². The minimum atomic E-state index is -0.210. The molecular formula is C16H24O2. The zero-order valence-corrected chi connectivity index (χ0v) is 11.7. The zero-order chi connectivity index (χ0) is 13.4. The van der Waals surface area contributed by atoms with E-state index in [1.54, 1.807) is 0 Å². The van der Waals surface area contributed by atoms with Gasteiger partial charge in [0, 0.05) is 0 Å². The second kappa shape index (κ2) is 7.91. The monoisotopic (exact) mass is 248 g/mol. The van der Waals surface area contributed by atoms with Crippen LogP contribution in [-0.2, 0) is 4.74 Å². The number of benzene rings is 1. The summed E-state index contributed by atoms with van der Waals surface area (Å²) >= 11 is 0. The molecule has 0 aliphatic heterocycles. The molecule has 1 atom stereocenters. The van der Waals surface area contributed by atoms with Crippen LogP contribution in [0.2, 0.25) is 0 Å². The summed E-state index contributed by atoms with van der Waals surface area (Å²) < 4.78 is 5.42. The largest absolute Gasteiger partial charge is 0.459 e. The zero-order valence-electron chi connectivity index (χ0n) is 11.7. The van der Waals surface area contributed by atoms with Crippen molar-refractivity contribution in [3.8, 4) is 0 Å². The highest BCUT2D eigenvalue weighted by Crippen LogP contribution is 2.11. The van der Waals surface area contributed by atoms with Crippen molar-refractivity contribution < 1.29 is 9.53 Å². The van der Waals surface area contributed by atoms with Crippen molar-refractivity contribution in [1.29, 1.82) is 0 Å². The number of esters is 1. The molecule has 0 saturated carbocycles. The lowest BCUT2D eigenvalue weighted by Crippen LogP contribution is -2.15. The van der Waals surface area contributed by atoms with Gasteiger partial charge in [0.1, 0.15) is 0 Å². The molecule has 0 bridgehead atoms. The average Bonchev–Trinajstić information content (AvgIpc) is 2.35. The van der Waals surface area contributed by atoms with Crippen LogP contribution in [0.5, 0.6) is 0 Å². The first-order chi connectivity index (χ1) is 8.63. The first-order valence-electron chi connectivity index (χ1n) is 6.91. The van der Waals surface area contributed by atoms with Crippen LogP contribution in [0.3, 0.4) is 0 Å². The smallest absolute Gasteiger partial charge is 0.338 e. The molecule has 0 spiro atoms. The van der Waals surface area contributed by atoms with Crippen LogP contribution in [0.15, 0.2) is 24.3 Å². The first kappa shape index (κ1) is 14.7. The fourth-order valence-corrected chi connectivity index (χ4v) is 1.86. The average molecular weight is 248 g/mol. The van der Waals surface area contributed by atoms with E-state index in [1.165, 1.54) is 19.3 Å². The number of carbonyl (C=O) groups excluding carboxylic acids is 1. The standard InChI is InChI=1S/C16H24O2/c1-4-5-6-7-8-14(3)18-16(17)15-11-9-13(2)10-12-15/h9-12,14H,4-8H2,1-3H3/t14-/m1/s1. The summed E-state index contributed by atoms with van der Waals surface area (Å²) in [6, 6.07) is 7.51. The molecule has 0 N–H and O–H groups in total. The lowest BCUT2D eigenvalue weighted by Gasteiger charge is -2.13. The van der Waals surface area contributed by atoms with E-state index in [0.29, 0.717) is 5.56 Å². The number of hydrogen-bond donors (Lipinski definition) is 0. The Kier molecular flexibility index (Phi) is 6.48. The van der Waals surface area contributed by atoms with Gasteiger partial charge >= 0.3 is 5.97 Å². The Hall–Kier alpha value is -1.31. The molecule has 0 saturated heterocycles. The van der Waals surface area contributed by atoms with Crippen LogP contribution >= 0.6 is 0 Å². The van der Waals surface area contributed by atoms with Crippen molar-refractivity contribution in [3.63, 3.8) is 0 Å². The van der Waals surface area contributed by atoms with Crippen LogP contribution in [0.25, 0.3) is 0 Å². The highest BCUT2D eigenvalue weighted by Gasteiger charge is 2.11. The molecule has 0 aromatic heterocycles. The van der Waals surface area contributed by atoms with Gasteiger partial charge in [-0.2, -0.15) is 0 Å². The summed E-state index contributed by atoms with van der Waals surface area (Å²) in [4.78, 5) is 11.8. The topological polar surface area (TPSA) is 26.3 Å². The van der Waals surface area contributed by atoms with Gasteiger partial charge in [-0.1, -0.05) is 43.9 Å². The van der Waals surface area contributed by atoms with Crippen LogP contribution in [0, 0.1) is 6.92 Å². The summed E-state index contributed by atoms with van der Waals surface area (Å²) in [6.45, 7) is 6.17. The number of unbranched alkanes of at least 4 members (excludes halogenated alkanes) is 3. The second-order valence-electron chi connectivity index (χ2n) is 4.93. The number of aryl methyl sites for hydroxylation is 1. The molecule has 0 unspecified atom stereocenters. The van der Waals surface area contributed by atoms with E-state index >= 15 is 0 Å². The summed E-state index contributed by atoms with van der Waals surface area (Å²) in [7, 11) is 0. The number of hydrogen-bond acceptors (Lipinski definition) is 2. The third-order valence-electron chi connectivity index (χ3n) is 3.06. The number of rotatable bonds is 7. The van der Waals surface area contributed by atoms with E-state index in [0.717, 1.165) is 18.4 Å². The van der Waals surface area contributed by atoms with E-state index < -0.39 is 0 Å². The number of ether oxygens (including phenoxy) is 1. The molecule has 0 aliphatic rings. The highest BCUT2D eigenvalue weighted by molar-refractivity contribution is 5.89. The SMILES string of the molecule is CCCCCC[C@@H](C)OC(=O)c1ccc(C)cc1. The third-order valence-corrected chi connectivity index (χ3v) is 3.06. The lowest BCUT2D eigenvalue weighted by molar-refractivity contribution is 0.0319. The van der Waals surface area contributed by atoms with Gasteiger partial charge in [0.05, 0.1) is 11.7 Å². The van der Waals surface area contributed by atoms with E-state index in [1.807, 2.05) is 38.1 Å². The van der Waals surface area contributed by atoms with Crippen LogP contribution < -0.4 is 0 Å². The van der Waals surface area contributed by atoms with E-state index in [-0.39, 0.29) is 12.1 Å². The van der Waals surface area contributed by atoms with Gasteiger partial charge in [-0.05, 0) is 38.8 Å².